The highest BCUT2D eigenvalue weighted by Gasteiger charge is 2.16. The van der Waals surface area contributed by atoms with Crippen LogP contribution in [0.15, 0.2) is 0 Å². The molecular weight excluding hydrogens is 210 g/mol. The summed E-state index contributed by atoms with van der Waals surface area (Å²) < 4.78 is 2.01. The minimum Gasteiger partial charge on any atom is -0.302 e. The summed E-state index contributed by atoms with van der Waals surface area (Å²) in [5.74, 6) is 1.34. The summed E-state index contributed by atoms with van der Waals surface area (Å²) in [5, 5.41) is 8.52. The lowest BCUT2D eigenvalue weighted by molar-refractivity contribution is 0.346. The second kappa shape index (κ2) is 4.52. The molecule has 0 atom stereocenters. The summed E-state index contributed by atoms with van der Waals surface area (Å²) in [5.41, 5.74) is 0.307. The van der Waals surface area contributed by atoms with Gasteiger partial charge in [0, 0.05) is 12.5 Å². The fourth-order valence-electron chi connectivity index (χ4n) is 1.38. The van der Waals surface area contributed by atoms with Crippen LogP contribution in [0.25, 0.3) is 0 Å². The van der Waals surface area contributed by atoms with Crippen LogP contribution in [0.1, 0.15) is 52.8 Å². The second-order valence-electron chi connectivity index (χ2n) is 5.44. The first-order valence-electron chi connectivity index (χ1n) is 5.40. The first-order valence-corrected chi connectivity index (χ1v) is 5.77. The Hall–Kier alpha value is -0.570. The first kappa shape index (κ1) is 12.5. The molecule has 0 aliphatic carbocycles. The van der Waals surface area contributed by atoms with Crippen LogP contribution in [0.4, 0.5) is 0 Å². The van der Waals surface area contributed by atoms with Crippen LogP contribution < -0.4 is 0 Å². The zero-order valence-electron chi connectivity index (χ0n) is 10.2. The highest BCUT2D eigenvalue weighted by Crippen LogP contribution is 2.23. The van der Waals surface area contributed by atoms with Gasteiger partial charge in [-0.25, -0.2) is 0 Å². The Morgan fingerprint density at radius 2 is 1.87 bits per heavy atom. The molecule has 4 heteroatoms. The van der Waals surface area contributed by atoms with Crippen molar-refractivity contribution in [2.45, 2.75) is 53.5 Å². The topological polar surface area (TPSA) is 30.7 Å². The van der Waals surface area contributed by atoms with Crippen molar-refractivity contribution in [2.24, 2.45) is 5.41 Å². The van der Waals surface area contributed by atoms with Gasteiger partial charge in [-0.05, 0) is 23.4 Å². The van der Waals surface area contributed by atoms with Gasteiger partial charge in [0.05, 0.1) is 0 Å². The summed E-state index contributed by atoms with van der Waals surface area (Å²) in [6.07, 6.45) is 1.07. The number of nitrogens with zero attached hydrogens (tertiary/aromatic N) is 3. The molecule has 0 aliphatic rings. The third kappa shape index (κ3) is 3.49. The van der Waals surface area contributed by atoms with E-state index in [4.69, 9.17) is 11.6 Å². The normalized spacial score (nSPS) is 12.5. The van der Waals surface area contributed by atoms with E-state index in [1.165, 1.54) is 0 Å². The van der Waals surface area contributed by atoms with Gasteiger partial charge in [-0.1, -0.05) is 34.6 Å². The van der Waals surface area contributed by atoms with E-state index >= 15 is 0 Å². The van der Waals surface area contributed by atoms with Crippen molar-refractivity contribution in [1.82, 2.24) is 14.8 Å². The van der Waals surface area contributed by atoms with Gasteiger partial charge in [-0.3, -0.25) is 0 Å². The highest BCUT2D eigenvalue weighted by atomic mass is 35.5. The molecule has 3 nitrogen and oxygen atoms in total. The van der Waals surface area contributed by atoms with Gasteiger partial charge in [0.2, 0.25) is 5.28 Å². The molecule has 0 saturated carbocycles. The van der Waals surface area contributed by atoms with Crippen LogP contribution in [0.3, 0.4) is 0 Å². The van der Waals surface area contributed by atoms with Crippen LogP contribution in [0.5, 0.6) is 0 Å². The summed E-state index contributed by atoms with van der Waals surface area (Å²) in [7, 11) is 0. The Morgan fingerprint density at radius 3 is 2.33 bits per heavy atom. The van der Waals surface area contributed by atoms with Gasteiger partial charge in [0.25, 0.3) is 0 Å². The zero-order chi connectivity index (χ0) is 11.6. The van der Waals surface area contributed by atoms with E-state index in [9.17, 15) is 0 Å². The van der Waals surface area contributed by atoms with E-state index in [1.807, 2.05) is 4.57 Å². The third-order valence-corrected chi connectivity index (χ3v) is 2.62. The standard InChI is InChI=1S/C11H20ClN3/c1-8(2)9-13-14-10(12)15(9)7-6-11(3,4)5/h8H,6-7H2,1-5H3. The molecular formula is C11H20ClN3. The smallest absolute Gasteiger partial charge is 0.225 e. The minimum absolute atomic E-state index is 0.307. The highest BCUT2D eigenvalue weighted by molar-refractivity contribution is 6.28. The van der Waals surface area contributed by atoms with E-state index in [0.29, 0.717) is 16.6 Å². The third-order valence-electron chi connectivity index (χ3n) is 2.34. The van der Waals surface area contributed by atoms with Gasteiger partial charge in [-0.15, -0.1) is 10.2 Å². The van der Waals surface area contributed by atoms with Crippen LogP contribution in [-0.4, -0.2) is 14.8 Å². The van der Waals surface area contributed by atoms with Crippen LogP contribution in [0.2, 0.25) is 5.28 Å². The van der Waals surface area contributed by atoms with Crippen molar-refractivity contribution in [3.63, 3.8) is 0 Å². The lowest BCUT2D eigenvalue weighted by Gasteiger charge is -2.19. The molecule has 86 valence electrons. The molecule has 0 bridgehead atoms. The Bertz CT molecular complexity index is 323. The molecule has 0 fully saturated rings. The molecule has 0 N–H and O–H groups in total. The van der Waals surface area contributed by atoms with Crippen molar-refractivity contribution in [1.29, 1.82) is 0 Å². The van der Waals surface area contributed by atoms with Crippen LogP contribution in [-0.2, 0) is 6.54 Å². The predicted octanol–water partition coefficient (Wildman–Crippen LogP) is 3.49. The zero-order valence-corrected chi connectivity index (χ0v) is 11.0. The molecule has 0 saturated heterocycles. The summed E-state index contributed by atoms with van der Waals surface area (Å²) >= 11 is 6.01. The number of hydrogen-bond acceptors (Lipinski definition) is 2. The molecule has 0 amide bonds. The SMILES string of the molecule is CC(C)c1nnc(Cl)n1CCC(C)(C)C. The number of hydrogen-bond donors (Lipinski definition) is 0. The fourth-order valence-corrected chi connectivity index (χ4v) is 1.59. The van der Waals surface area contributed by atoms with E-state index in [2.05, 4.69) is 44.8 Å². The number of aromatic nitrogens is 3. The Morgan fingerprint density at radius 1 is 1.27 bits per heavy atom. The summed E-state index contributed by atoms with van der Waals surface area (Å²) in [6, 6.07) is 0. The van der Waals surface area contributed by atoms with Crippen LogP contribution >= 0.6 is 11.6 Å². The van der Waals surface area contributed by atoms with Crippen LogP contribution in [0, 0.1) is 5.41 Å². The predicted molar refractivity (Wildman–Crippen MR) is 63.2 cm³/mol. The maximum Gasteiger partial charge on any atom is 0.225 e. The lowest BCUT2D eigenvalue weighted by atomic mass is 9.92. The van der Waals surface area contributed by atoms with Crippen molar-refractivity contribution in [3.05, 3.63) is 11.1 Å². The monoisotopic (exact) mass is 229 g/mol. The minimum atomic E-state index is 0.307. The van der Waals surface area contributed by atoms with Gasteiger partial charge in [-0.2, -0.15) is 0 Å². The van der Waals surface area contributed by atoms with Gasteiger partial charge in [0.15, 0.2) is 0 Å². The van der Waals surface area contributed by atoms with E-state index < -0.39 is 0 Å². The average Bonchev–Trinajstić information content (AvgIpc) is 2.42. The fraction of sp³-hybridized carbons (Fsp3) is 0.818. The molecule has 1 aromatic rings. The molecule has 0 aromatic carbocycles. The molecule has 1 heterocycles. The van der Waals surface area contributed by atoms with Gasteiger partial charge in [0.1, 0.15) is 5.82 Å². The molecule has 15 heavy (non-hydrogen) atoms. The van der Waals surface area contributed by atoms with Crippen molar-refractivity contribution in [2.75, 3.05) is 0 Å². The average molecular weight is 230 g/mol. The van der Waals surface area contributed by atoms with E-state index in [0.717, 1.165) is 18.8 Å². The molecule has 0 spiro atoms. The molecule has 0 aliphatic heterocycles. The summed E-state index contributed by atoms with van der Waals surface area (Å²) in [4.78, 5) is 0. The molecule has 1 rings (SSSR count). The van der Waals surface area contributed by atoms with Gasteiger partial charge < -0.3 is 4.57 Å². The maximum absolute atomic E-state index is 6.01. The lowest BCUT2D eigenvalue weighted by Crippen LogP contribution is -2.13. The molecule has 1 aromatic heterocycles. The Labute approximate surface area is 96.8 Å². The molecule has 0 radical (unpaired) electrons. The number of rotatable bonds is 3. The van der Waals surface area contributed by atoms with Crippen molar-refractivity contribution in [3.8, 4) is 0 Å². The Balaban J connectivity index is 2.79. The maximum atomic E-state index is 6.01. The van der Waals surface area contributed by atoms with Gasteiger partial charge >= 0.3 is 0 Å². The largest absolute Gasteiger partial charge is 0.302 e. The van der Waals surface area contributed by atoms with E-state index in [1.54, 1.807) is 0 Å². The number of halogens is 1. The quantitative estimate of drug-likeness (QED) is 0.795. The van der Waals surface area contributed by atoms with E-state index in [-0.39, 0.29) is 0 Å². The Kier molecular flexibility index (Phi) is 3.77. The molecule has 0 unspecified atom stereocenters. The first-order chi connectivity index (χ1) is 6.81. The second-order valence-corrected chi connectivity index (χ2v) is 5.78. The summed E-state index contributed by atoms with van der Waals surface area (Å²) in [6.45, 7) is 11.8. The van der Waals surface area contributed by atoms with Crippen molar-refractivity contribution < 1.29 is 0 Å². The van der Waals surface area contributed by atoms with Crippen molar-refractivity contribution >= 4 is 11.6 Å².